The predicted molar refractivity (Wildman–Crippen MR) is 164 cm³/mol. The molecule has 2 heterocycles. The lowest BCUT2D eigenvalue weighted by Crippen LogP contribution is -2.14. The van der Waals surface area contributed by atoms with Crippen LogP contribution in [0.4, 0.5) is 11.4 Å². The molecule has 0 saturated heterocycles. The van der Waals surface area contributed by atoms with Crippen molar-refractivity contribution in [3.8, 4) is 12.1 Å². The average Bonchev–Trinajstić information content (AvgIpc) is 3.75. The molecule has 10 heteroatoms. The molecule has 8 nitrogen and oxygen atoms in total. The summed E-state index contributed by atoms with van der Waals surface area (Å²) in [6.07, 6.45) is 6.02. The maximum absolute atomic E-state index is 10.0. The van der Waals surface area contributed by atoms with E-state index in [0.717, 1.165) is 24.8 Å². The van der Waals surface area contributed by atoms with Crippen LogP contribution >= 0.6 is 23.2 Å². The lowest BCUT2D eigenvalue weighted by Gasteiger charge is -2.23. The van der Waals surface area contributed by atoms with Gasteiger partial charge in [-0.1, -0.05) is 77.8 Å². The van der Waals surface area contributed by atoms with Crippen molar-refractivity contribution >= 4 is 45.5 Å². The topological polar surface area (TPSA) is 115 Å². The van der Waals surface area contributed by atoms with Gasteiger partial charge in [0, 0.05) is 22.8 Å². The molecule has 1 aliphatic carbocycles. The number of aromatic nitrogens is 4. The molecule has 1 saturated carbocycles. The summed E-state index contributed by atoms with van der Waals surface area (Å²) in [4.78, 5) is 4.49. The number of fused-ring (bicyclic) bond motifs is 1. The van der Waals surface area contributed by atoms with E-state index in [1.54, 1.807) is 35.1 Å². The largest absolute Gasteiger partial charge is 0.377 e. The predicted octanol–water partition coefficient (Wildman–Crippen LogP) is 7.98. The molecule has 0 amide bonds. The Morgan fingerprint density at radius 2 is 1.83 bits per heavy atom. The van der Waals surface area contributed by atoms with E-state index in [4.69, 9.17) is 23.2 Å². The molecule has 1 aliphatic rings. The molecule has 3 aromatic carbocycles. The van der Waals surface area contributed by atoms with Gasteiger partial charge in [0.2, 0.25) is 0 Å². The lowest BCUT2D eigenvalue weighted by molar-refractivity contribution is 0.610. The Labute approximate surface area is 254 Å². The number of nitriles is 2. The average molecular weight is 595 g/mol. The van der Waals surface area contributed by atoms with Gasteiger partial charge in [-0.25, -0.2) is 4.68 Å². The van der Waals surface area contributed by atoms with Gasteiger partial charge in [-0.2, -0.15) is 10.5 Å². The molecule has 2 atom stereocenters. The van der Waals surface area contributed by atoms with Gasteiger partial charge in [-0.3, -0.25) is 4.98 Å². The lowest BCUT2D eigenvalue weighted by atomic mass is 10.00. The molecule has 0 radical (unpaired) electrons. The first kappa shape index (κ1) is 26.3. The molecule has 2 N–H and O–H groups in total. The normalized spacial score (nSPS) is 15.2. The summed E-state index contributed by atoms with van der Waals surface area (Å²) in [7, 11) is 0. The van der Waals surface area contributed by atoms with Crippen LogP contribution in [0.15, 0.2) is 73.1 Å². The van der Waals surface area contributed by atoms with E-state index in [1.807, 2.05) is 36.4 Å². The molecule has 6 rings (SSSR count). The number of pyridine rings is 1. The smallest absolute Gasteiger partial charge is 0.110 e. The maximum Gasteiger partial charge on any atom is 0.110 e. The second-order valence-corrected chi connectivity index (χ2v) is 10.9. The molecule has 208 valence electrons. The summed E-state index contributed by atoms with van der Waals surface area (Å²) < 4.78 is 11.5. The van der Waals surface area contributed by atoms with Crippen LogP contribution in [0.3, 0.4) is 0 Å². The summed E-state index contributed by atoms with van der Waals surface area (Å²) in [6, 6.07) is 21.3. The van der Waals surface area contributed by atoms with Gasteiger partial charge < -0.3 is 10.6 Å². The first-order valence-corrected chi connectivity index (χ1v) is 14.3. The third-order valence-corrected chi connectivity index (χ3v) is 8.01. The minimum atomic E-state index is -1.74. The fourth-order valence-electron chi connectivity index (χ4n) is 4.99. The molecule has 2 unspecified atom stereocenters. The van der Waals surface area contributed by atoms with Crippen LogP contribution in [-0.4, -0.2) is 20.0 Å². The van der Waals surface area contributed by atoms with Crippen LogP contribution in [0.2, 0.25) is 10.0 Å². The summed E-state index contributed by atoms with van der Waals surface area (Å²) in [5.74, 6) is 0. The molecular weight excluding hydrogens is 567 g/mol. The highest BCUT2D eigenvalue weighted by Crippen LogP contribution is 2.39. The first-order chi connectivity index (χ1) is 20.9. The highest BCUT2D eigenvalue weighted by Gasteiger charge is 2.28. The second-order valence-electron chi connectivity index (χ2n) is 10.1. The highest BCUT2D eigenvalue weighted by molar-refractivity contribution is 6.36. The zero-order valence-electron chi connectivity index (χ0n) is 23.6. The molecule has 5 aromatic rings. The number of anilines is 2. The standard InChI is InChI=1S/C32H26Cl2N8/c1-2-27(19-7-4-3-5-8-19)39-30-21(16-36)17-37-31-25(30)13-22(14-26(31)33)38-32(24-10-6-9-20(15-35)29(24)34)28-18-42(41-40-28)23-11-12-23/h3-10,13-14,17-18,23,27,32,38H,2,11-12H2,1H3,(H,37,39)/i32D. The molecule has 0 bridgehead atoms. The molecule has 0 spiro atoms. The van der Waals surface area contributed by atoms with Gasteiger partial charge >= 0.3 is 0 Å². The number of rotatable bonds is 9. The third-order valence-electron chi connectivity index (χ3n) is 7.32. The van der Waals surface area contributed by atoms with Crippen LogP contribution in [0.1, 0.15) is 73.6 Å². The van der Waals surface area contributed by atoms with Crippen molar-refractivity contribution in [1.29, 1.82) is 10.5 Å². The van der Waals surface area contributed by atoms with Gasteiger partial charge in [0.1, 0.15) is 17.8 Å². The summed E-state index contributed by atoms with van der Waals surface area (Å²) in [5.41, 5.74) is 3.91. The van der Waals surface area contributed by atoms with E-state index >= 15 is 0 Å². The quantitative estimate of drug-likeness (QED) is 0.178. The van der Waals surface area contributed by atoms with E-state index in [1.165, 1.54) is 6.20 Å². The summed E-state index contributed by atoms with van der Waals surface area (Å²) >= 11 is 13.5. The SMILES string of the molecule is [2H]C(Nc1cc(Cl)c2ncc(C#N)c(NC(CC)c3ccccc3)c2c1)(c1cn(C2CC2)nn1)c1cccc(C#N)c1Cl. The minimum absolute atomic E-state index is 0.0745. The molecule has 0 aliphatic heterocycles. The number of nitrogens with zero attached hydrogens (tertiary/aromatic N) is 6. The van der Waals surface area contributed by atoms with E-state index in [2.05, 4.69) is 45.0 Å². The van der Waals surface area contributed by atoms with Gasteiger partial charge in [0.05, 0.1) is 58.0 Å². The van der Waals surface area contributed by atoms with Crippen molar-refractivity contribution in [1.82, 2.24) is 20.0 Å². The van der Waals surface area contributed by atoms with Crippen molar-refractivity contribution in [2.24, 2.45) is 0 Å². The fraction of sp³-hybridized carbons (Fsp3) is 0.219. The maximum atomic E-state index is 10.0. The van der Waals surface area contributed by atoms with Gasteiger partial charge in [0.25, 0.3) is 0 Å². The van der Waals surface area contributed by atoms with Crippen molar-refractivity contribution in [2.45, 2.75) is 44.3 Å². The second kappa shape index (κ2) is 11.7. The molecule has 1 fully saturated rings. The van der Waals surface area contributed by atoms with E-state index in [9.17, 15) is 11.9 Å². The first-order valence-electron chi connectivity index (χ1n) is 14.1. The number of benzene rings is 3. The minimum Gasteiger partial charge on any atom is -0.377 e. The number of hydrogen-bond acceptors (Lipinski definition) is 7. The van der Waals surface area contributed by atoms with Gasteiger partial charge in [-0.15, -0.1) is 5.10 Å². The third kappa shape index (κ3) is 5.35. The van der Waals surface area contributed by atoms with Gasteiger partial charge in [-0.05, 0) is 43.0 Å². The Morgan fingerprint density at radius 1 is 1.05 bits per heavy atom. The monoisotopic (exact) mass is 593 g/mol. The van der Waals surface area contributed by atoms with Crippen LogP contribution in [-0.2, 0) is 0 Å². The van der Waals surface area contributed by atoms with E-state index in [-0.39, 0.29) is 22.7 Å². The summed E-state index contributed by atoms with van der Waals surface area (Å²) in [6.45, 7) is 2.07. The number of hydrogen-bond donors (Lipinski definition) is 2. The van der Waals surface area contributed by atoms with Crippen LogP contribution < -0.4 is 10.6 Å². The van der Waals surface area contributed by atoms with Crippen LogP contribution in [0.25, 0.3) is 10.9 Å². The Morgan fingerprint density at radius 3 is 2.55 bits per heavy atom. The van der Waals surface area contributed by atoms with Crippen molar-refractivity contribution in [2.75, 3.05) is 10.6 Å². The summed E-state index contributed by atoms with van der Waals surface area (Å²) in [5, 5.41) is 36.2. The zero-order valence-corrected chi connectivity index (χ0v) is 24.2. The van der Waals surface area contributed by atoms with E-state index < -0.39 is 6.02 Å². The van der Waals surface area contributed by atoms with Crippen molar-refractivity contribution in [3.63, 3.8) is 0 Å². The Hall–Kier alpha value is -4.63. The van der Waals surface area contributed by atoms with Crippen LogP contribution in [0, 0.1) is 22.7 Å². The molecule has 2 aromatic heterocycles. The van der Waals surface area contributed by atoms with Crippen molar-refractivity contribution < 1.29 is 1.37 Å². The Bertz CT molecular complexity index is 1910. The number of halogens is 2. The van der Waals surface area contributed by atoms with Crippen molar-refractivity contribution in [3.05, 3.63) is 111 Å². The highest BCUT2D eigenvalue weighted by atomic mass is 35.5. The van der Waals surface area contributed by atoms with E-state index in [0.29, 0.717) is 44.1 Å². The Kier molecular flexibility index (Phi) is 7.32. The fourth-order valence-corrected chi connectivity index (χ4v) is 5.52. The molecular formula is C32H26Cl2N8. The van der Waals surface area contributed by atoms with Gasteiger partial charge in [0.15, 0.2) is 0 Å². The Balaban J connectivity index is 1.49. The number of nitrogens with one attached hydrogen (secondary N) is 2. The molecule has 42 heavy (non-hydrogen) atoms. The zero-order chi connectivity index (χ0) is 30.1. The van der Waals surface area contributed by atoms with Crippen LogP contribution in [0.5, 0.6) is 0 Å².